The number of anilines is 2. The molecule has 0 amide bonds. The Labute approximate surface area is 250 Å². The topological polar surface area (TPSA) is 114 Å². The third-order valence-corrected chi connectivity index (χ3v) is 9.79. The van der Waals surface area contributed by atoms with Crippen LogP contribution in [0.3, 0.4) is 0 Å². The largest absolute Gasteiger partial charge is 0.382 e. The highest BCUT2D eigenvalue weighted by Gasteiger charge is 2.25. The van der Waals surface area contributed by atoms with Crippen molar-refractivity contribution >= 4 is 55.0 Å². The van der Waals surface area contributed by atoms with Crippen LogP contribution < -0.4 is 15.8 Å². The lowest BCUT2D eigenvalue weighted by molar-refractivity contribution is 0.522. The molecule has 0 aliphatic heterocycles. The number of benzene rings is 3. The molecule has 3 aromatic carbocycles. The normalized spacial score (nSPS) is 15.8. The minimum absolute atomic E-state index is 0.0194. The molecule has 1 unspecified atom stereocenters. The van der Waals surface area contributed by atoms with E-state index in [2.05, 4.69) is 39.3 Å². The molecule has 0 saturated heterocycles. The van der Waals surface area contributed by atoms with Crippen molar-refractivity contribution < 1.29 is 8.42 Å². The zero-order valence-corrected chi connectivity index (χ0v) is 25.3. The van der Waals surface area contributed by atoms with E-state index in [4.69, 9.17) is 22.3 Å². The molecule has 0 saturated carbocycles. The molecule has 2 aromatic heterocycles. The van der Waals surface area contributed by atoms with Crippen molar-refractivity contribution in [2.24, 2.45) is 0 Å². The van der Waals surface area contributed by atoms with Crippen molar-refractivity contribution in [1.82, 2.24) is 19.7 Å². The van der Waals surface area contributed by atoms with Gasteiger partial charge in [0.25, 0.3) is 10.0 Å². The summed E-state index contributed by atoms with van der Waals surface area (Å²) in [6, 6.07) is 18.2. The van der Waals surface area contributed by atoms with Crippen LogP contribution in [0.1, 0.15) is 50.5 Å². The summed E-state index contributed by atoms with van der Waals surface area (Å²) in [4.78, 5) is 9.81. The summed E-state index contributed by atoms with van der Waals surface area (Å²) in [7, 11) is -1.93. The van der Waals surface area contributed by atoms with Crippen molar-refractivity contribution in [3.05, 3.63) is 89.5 Å². The average molecular weight is 601 g/mol. The summed E-state index contributed by atoms with van der Waals surface area (Å²) >= 11 is 6.23. The first-order chi connectivity index (χ1) is 20.2. The van der Waals surface area contributed by atoms with Gasteiger partial charge in [0.1, 0.15) is 27.7 Å². The molecule has 42 heavy (non-hydrogen) atoms. The zero-order valence-electron chi connectivity index (χ0n) is 23.7. The number of aromatic nitrogens is 3. The highest BCUT2D eigenvalue weighted by molar-refractivity contribution is 7.92. The van der Waals surface area contributed by atoms with Crippen LogP contribution in [0.2, 0.25) is 5.02 Å². The Hall–Kier alpha value is -3.92. The smallest absolute Gasteiger partial charge is 0.263 e. The Kier molecular flexibility index (Phi) is 7.43. The Bertz CT molecular complexity index is 1970. The van der Waals surface area contributed by atoms with Gasteiger partial charge in [-0.25, -0.2) is 18.4 Å². The monoisotopic (exact) mass is 600 g/mol. The number of halogens is 1. The number of allylic oxidation sites excluding steroid dienone is 1. The van der Waals surface area contributed by atoms with Gasteiger partial charge < -0.3 is 11.1 Å². The van der Waals surface area contributed by atoms with Crippen LogP contribution in [0.15, 0.2) is 77.8 Å². The second-order valence-electron chi connectivity index (χ2n) is 10.9. The second kappa shape index (κ2) is 11.1. The molecule has 10 heteroatoms. The molecule has 1 aliphatic rings. The van der Waals surface area contributed by atoms with Gasteiger partial charge in [-0.1, -0.05) is 67.9 Å². The van der Waals surface area contributed by atoms with E-state index in [1.54, 1.807) is 24.3 Å². The van der Waals surface area contributed by atoms with Gasteiger partial charge in [0.2, 0.25) is 0 Å². The van der Waals surface area contributed by atoms with Crippen molar-refractivity contribution in [2.75, 3.05) is 17.5 Å². The maximum atomic E-state index is 13.3. The Morgan fingerprint density at radius 3 is 2.48 bits per heavy atom. The summed E-state index contributed by atoms with van der Waals surface area (Å²) < 4.78 is 31.5. The van der Waals surface area contributed by atoms with Gasteiger partial charge in [-0.15, -0.1) is 0 Å². The van der Waals surface area contributed by atoms with Gasteiger partial charge in [-0.05, 0) is 61.5 Å². The van der Waals surface area contributed by atoms with E-state index in [1.165, 1.54) is 11.6 Å². The third-order valence-electron chi connectivity index (χ3n) is 7.93. The SMILES string of the molecule is CNC1CC=C(c2cnc(N)c3c(-c4ccc(NS(=O)(=O)c5ccccc5Cl)c5ccccc45)nc(C(C)C)n23)CC1. The third kappa shape index (κ3) is 4.91. The molecule has 5 aromatic rings. The lowest BCUT2D eigenvalue weighted by atomic mass is 9.93. The highest BCUT2D eigenvalue weighted by Crippen LogP contribution is 2.40. The molecule has 216 valence electrons. The first-order valence-electron chi connectivity index (χ1n) is 14.0. The zero-order chi connectivity index (χ0) is 29.6. The first-order valence-corrected chi connectivity index (χ1v) is 15.9. The van der Waals surface area contributed by atoms with E-state index in [0.29, 0.717) is 23.2 Å². The summed E-state index contributed by atoms with van der Waals surface area (Å²) in [5.74, 6) is 1.41. The van der Waals surface area contributed by atoms with Gasteiger partial charge in [-0.2, -0.15) is 0 Å². The fourth-order valence-electron chi connectivity index (χ4n) is 5.75. The van der Waals surface area contributed by atoms with Crippen molar-refractivity contribution in [3.63, 3.8) is 0 Å². The number of fused-ring (bicyclic) bond motifs is 2. The molecule has 0 radical (unpaired) electrons. The minimum Gasteiger partial charge on any atom is -0.382 e. The molecule has 0 spiro atoms. The number of sulfonamides is 1. The van der Waals surface area contributed by atoms with E-state index in [9.17, 15) is 8.42 Å². The number of nitrogens with two attached hydrogens (primary N) is 1. The molecule has 0 fully saturated rings. The average Bonchev–Trinajstić information content (AvgIpc) is 3.39. The van der Waals surface area contributed by atoms with Crippen LogP contribution in [0.25, 0.3) is 33.1 Å². The molecule has 1 atom stereocenters. The molecular weight excluding hydrogens is 568 g/mol. The first kappa shape index (κ1) is 28.2. The number of imidazole rings is 1. The molecule has 2 heterocycles. The van der Waals surface area contributed by atoms with E-state index in [0.717, 1.165) is 52.6 Å². The molecule has 6 rings (SSSR count). The fourth-order valence-corrected chi connectivity index (χ4v) is 7.36. The van der Waals surface area contributed by atoms with Gasteiger partial charge in [-0.3, -0.25) is 9.12 Å². The summed E-state index contributed by atoms with van der Waals surface area (Å²) in [6.07, 6.45) is 7.07. The number of hydrogen-bond donors (Lipinski definition) is 3. The van der Waals surface area contributed by atoms with E-state index in [1.807, 2.05) is 43.6 Å². The van der Waals surface area contributed by atoms with E-state index < -0.39 is 10.0 Å². The molecule has 0 bridgehead atoms. The minimum atomic E-state index is -3.93. The number of hydrogen-bond acceptors (Lipinski definition) is 6. The van der Waals surface area contributed by atoms with Crippen LogP contribution in [0.4, 0.5) is 11.5 Å². The maximum Gasteiger partial charge on any atom is 0.263 e. The quantitative estimate of drug-likeness (QED) is 0.188. The lowest BCUT2D eigenvalue weighted by Gasteiger charge is -2.22. The van der Waals surface area contributed by atoms with Crippen molar-refractivity contribution in [1.29, 1.82) is 0 Å². The second-order valence-corrected chi connectivity index (χ2v) is 13.0. The highest BCUT2D eigenvalue weighted by atomic mass is 35.5. The molecule has 1 aliphatic carbocycles. The van der Waals surface area contributed by atoms with Gasteiger partial charge >= 0.3 is 0 Å². The Morgan fingerprint density at radius 2 is 1.79 bits per heavy atom. The van der Waals surface area contributed by atoms with Gasteiger partial charge in [0, 0.05) is 22.9 Å². The predicted molar refractivity (Wildman–Crippen MR) is 171 cm³/mol. The summed E-state index contributed by atoms with van der Waals surface area (Å²) in [6.45, 7) is 4.24. The summed E-state index contributed by atoms with van der Waals surface area (Å²) in [5.41, 5.74) is 11.6. The van der Waals surface area contributed by atoms with Crippen molar-refractivity contribution in [2.45, 2.75) is 50.0 Å². The maximum absolute atomic E-state index is 13.3. The van der Waals surface area contributed by atoms with Crippen LogP contribution in [0, 0.1) is 0 Å². The fraction of sp³-hybridized carbons (Fsp3) is 0.250. The van der Waals surface area contributed by atoms with Crippen LogP contribution >= 0.6 is 11.6 Å². The van der Waals surface area contributed by atoms with Crippen molar-refractivity contribution in [3.8, 4) is 11.3 Å². The van der Waals surface area contributed by atoms with E-state index >= 15 is 0 Å². The summed E-state index contributed by atoms with van der Waals surface area (Å²) in [5, 5.41) is 5.10. The van der Waals surface area contributed by atoms with Crippen LogP contribution in [-0.2, 0) is 10.0 Å². The lowest BCUT2D eigenvalue weighted by Crippen LogP contribution is -2.26. The van der Waals surface area contributed by atoms with Crippen LogP contribution in [0.5, 0.6) is 0 Å². The van der Waals surface area contributed by atoms with Gasteiger partial charge in [0.15, 0.2) is 0 Å². The van der Waals surface area contributed by atoms with Crippen LogP contribution in [-0.4, -0.2) is 35.9 Å². The number of rotatable bonds is 7. The van der Waals surface area contributed by atoms with Gasteiger partial charge in [0.05, 0.1) is 22.6 Å². The number of nitrogens with zero attached hydrogens (tertiary/aromatic N) is 3. The Balaban J connectivity index is 1.53. The van der Waals surface area contributed by atoms with E-state index in [-0.39, 0.29) is 15.8 Å². The number of nitrogens with one attached hydrogen (secondary N) is 2. The standard InChI is InChI=1S/C32H33ClN6O2S/c1-19(2)32-37-29(30-31(34)36-18-27(39(30)32)20-12-14-21(35-3)15-13-20)24-16-17-26(23-9-5-4-8-22(23)24)38-42(40,41)28-11-7-6-10-25(28)33/h4-12,16-19,21,35,38H,13-15H2,1-3H3,(H2,34,36). The molecule has 4 N–H and O–H groups in total. The Morgan fingerprint density at radius 1 is 1.05 bits per heavy atom. The molecular formula is C32H33ClN6O2S. The molecule has 8 nitrogen and oxygen atoms in total. The predicted octanol–water partition coefficient (Wildman–Crippen LogP) is 6.86. The number of nitrogen functional groups attached to an aromatic ring is 1.